The van der Waals surface area contributed by atoms with Gasteiger partial charge in [-0.05, 0) is 39.3 Å². The molecule has 0 saturated carbocycles. The summed E-state index contributed by atoms with van der Waals surface area (Å²) in [6.07, 6.45) is 1.90. The third-order valence-electron chi connectivity index (χ3n) is 3.46. The molecule has 0 amide bonds. The van der Waals surface area contributed by atoms with Crippen LogP contribution in [-0.2, 0) is 4.79 Å². The lowest BCUT2D eigenvalue weighted by Crippen LogP contribution is -2.49. The Kier molecular flexibility index (Phi) is 4.11. The first-order chi connectivity index (χ1) is 6.98. The molecule has 0 spiro atoms. The Morgan fingerprint density at radius 1 is 1.67 bits per heavy atom. The van der Waals surface area contributed by atoms with Gasteiger partial charge in [0.2, 0.25) is 0 Å². The van der Waals surface area contributed by atoms with Crippen molar-refractivity contribution in [2.75, 3.05) is 26.7 Å². The molecule has 1 rings (SSSR count). The van der Waals surface area contributed by atoms with E-state index in [4.69, 9.17) is 5.11 Å². The summed E-state index contributed by atoms with van der Waals surface area (Å²) in [6.45, 7) is 7.08. The van der Waals surface area contributed by atoms with Gasteiger partial charge in [0.25, 0.3) is 0 Å². The van der Waals surface area contributed by atoms with Crippen LogP contribution in [0.15, 0.2) is 0 Å². The van der Waals surface area contributed by atoms with Gasteiger partial charge in [-0.25, -0.2) is 0 Å². The molecule has 2 unspecified atom stereocenters. The zero-order chi connectivity index (χ0) is 11.5. The number of hydrogen-bond donors (Lipinski definition) is 2. The molecule has 0 radical (unpaired) electrons. The second-order valence-corrected chi connectivity index (χ2v) is 4.83. The van der Waals surface area contributed by atoms with Gasteiger partial charge in [-0.15, -0.1) is 0 Å². The molecule has 4 heteroatoms. The van der Waals surface area contributed by atoms with Crippen LogP contribution in [-0.4, -0.2) is 48.2 Å². The summed E-state index contributed by atoms with van der Waals surface area (Å²) in [5, 5.41) is 12.0. The van der Waals surface area contributed by atoms with E-state index in [2.05, 4.69) is 17.1 Å². The molecule has 88 valence electrons. The number of nitrogens with zero attached hydrogens (tertiary/aromatic N) is 1. The smallest absolute Gasteiger partial charge is 0.323 e. The average molecular weight is 214 g/mol. The summed E-state index contributed by atoms with van der Waals surface area (Å²) < 4.78 is 0. The molecule has 0 aromatic heterocycles. The van der Waals surface area contributed by atoms with Gasteiger partial charge in [0.05, 0.1) is 0 Å². The maximum Gasteiger partial charge on any atom is 0.323 e. The molecule has 1 aliphatic rings. The highest BCUT2D eigenvalue weighted by atomic mass is 16.4. The highest BCUT2D eigenvalue weighted by molar-refractivity contribution is 5.78. The number of carboxylic acid groups (broad SMARTS) is 1. The van der Waals surface area contributed by atoms with Crippen LogP contribution in [0, 0.1) is 5.92 Å². The van der Waals surface area contributed by atoms with Crippen LogP contribution in [0.25, 0.3) is 0 Å². The van der Waals surface area contributed by atoms with E-state index in [0.29, 0.717) is 6.42 Å². The van der Waals surface area contributed by atoms with E-state index >= 15 is 0 Å². The highest BCUT2D eigenvalue weighted by Crippen LogP contribution is 2.17. The zero-order valence-corrected chi connectivity index (χ0v) is 9.92. The first-order valence-corrected chi connectivity index (χ1v) is 5.62. The van der Waals surface area contributed by atoms with Crippen LogP contribution < -0.4 is 5.32 Å². The van der Waals surface area contributed by atoms with Crippen molar-refractivity contribution in [2.24, 2.45) is 5.92 Å². The molecule has 1 aliphatic heterocycles. The van der Waals surface area contributed by atoms with Crippen LogP contribution in [0.3, 0.4) is 0 Å². The lowest BCUT2D eigenvalue weighted by atomic mass is 9.98. The van der Waals surface area contributed by atoms with Crippen molar-refractivity contribution in [1.82, 2.24) is 10.2 Å². The molecule has 0 bridgehead atoms. The van der Waals surface area contributed by atoms with E-state index in [1.54, 1.807) is 14.0 Å². The Morgan fingerprint density at radius 2 is 2.33 bits per heavy atom. The third kappa shape index (κ3) is 3.18. The lowest BCUT2D eigenvalue weighted by molar-refractivity contribution is -0.144. The summed E-state index contributed by atoms with van der Waals surface area (Å²) in [4.78, 5) is 13.4. The van der Waals surface area contributed by atoms with Crippen molar-refractivity contribution in [3.63, 3.8) is 0 Å². The normalized spacial score (nSPS) is 26.5. The number of carbonyl (C=O) groups is 1. The number of aliphatic carboxylic acids is 1. The van der Waals surface area contributed by atoms with E-state index < -0.39 is 11.5 Å². The van der Waals surface area contributed by atoms with Gasteiger partial charge in [0.15, 0.2) is 0 Å². The van der Waals surface area contributed by atoms with Crippen molar-refractivity contribution in [1.29, 1.82) is 0 Å². The average Bonchev–Trinajstić information content (AvgIpc) is 2.60. The van der Waals surface area contributed by atoms with Crippen molar-refractivity contribution in [3.8, 4) is 0 Å². The standard InChI is InChI=1S/C11H22N2O2/c1-9-4-6-13(8-9)7-5-11(2,12-3)10(14)15/h9,12H,4-8H2,1-3H3,(H,14,15). The van der Waals surface area contributed by atoms with Crippen LogP contribution in [0.2, 0.25) is 0 Å². The molecular formula is C11H22N2O2. The summed E-state index contributed by atoms with van der Waals surface area (Å²) in [5.74, 6) is -0.00656. The Labute approximate surface area is 91.6 Å². The van der Waals surface area contributed by atoms with Gasteiger partial charge in [-0.1, -0.05) is 6.92 Å². The van der Waals surface area contributed by atoms with Gasteiger partial charge in [-0.2, -0.15) is 0 Å². The molecule has 0 aliphatic carbocycles. The van der Waals surface area contributed by atoms with Gasteiger partial charge in [0.1, 0.15) is 5.54 Å². The number of nitrogens with one attached hydrogen (secondary N) is 1. The SMILES string of the molecule is CNC(C)(CCN1CCC(C)C1)C(=O)O. The molecule has 1 heterocycles. The molecule has 2 N–H and O–H groups in total. The minimum atomic E-state index is -0.786. The van der Waals surface area contributed by atoms with E-state index in [1.165, 1.54) is 6.42 Å². The van der Waals surface area contributed by atoms with E-state index in [9.17, 15) is 4.79 Å². The minimum absolute atomic E-state index is 0.658. The fraction of sp³-hybridized carbons (Fsp3) is 0.909. The molecule has 1 saturated heterocycles. The lowest BCUT2D eigenvalue weighted by Gasteiger charge is -2.26. The van der Waals surface area contributed by atoms with E-state index in [1.807, 2.05) is 0 Å². The predicted octanol–water partition coefficient (Wildman–Crippen LogP) is 0.781. The molecule has 0 aromatic carbocycles. The van der Waals surface area contributed by atoms with Crippen molar-refractivity contribution < 1.29 is 9.90 Å². The van der Waals surface area contributed by atoms with Crippen LogP contribution in [0.4, 0.5) is 0 Å². The number of carboxylic acids is 1. The molecule has 0 aromatic rings. The van der Waals surface area contributed by atoms with E-state index in [-0.39, 0.29) is 0 Å². The molecular weight excluding hydrogens is 192 g/mol. The Hall–Kier alpha value is -0.610. The summed E-state index contributed by atoms with van der Waals surface area (Å²) in [7, 11) is 1.71. The van der Waals surface area contributed by atoms with Gasteiger partial charge in [-0.3, -0.25) is 4.79 Å². The van der Waals surface area contributed by atoms with Gasteiger partial charge < -0.3 is 15.3 Å². The van der Waals surface area contributed by atoms with Crippen molar-refractivity contribution in [2.45, 2.75) is 32.2 Å². The largest absolute Gasteiger partial charge is 0.480 e. The highest BCUT2D eigenvalue weighted by Gasteiger charge is 2.32. The number of hydrogen-bond acceptors (Lipinski definition) is 3. The van der Waals surface area contributed by atoms with E-state index in [0.717, 1.165) is 25.6 Å². The maximum atomic E-state index is 11.0. The van der Waals surface area contributed by atoms with Crippen LogP contribution in [0.1, 0.15) is 26.7 Å². The molecule has 2 atom stereocenters. The second kappa shape index (κ2) is 4.94. The van der Waals surface area contributed by atoms with Gasteiger partial charge >= 0.3 is 5.97 Å². The van der Waals surface area contributed by atoms with Crippen molar-refractivity contribution >= 4 is 5.97 Å². The Morgan fingerprint density at radius 3 is 2.73 bits per heavy atom. The number of likely N-dealkylation sites (N-methyl/N-ethyl adjacent to an activating group) is 1. The first-order valence-electron chi connectivity index (χ1n) is 5.62. The zero-order valence-electron chi connectivity index (χ0n) is 9.92. The fourth-order valence-corrected chi connectivity index (χ4v) is 1.95. The maximum absolute atomic E-state index is 11.0. The quantitative estimate of drug-likeness (QED) is 0.710. The van der Waals surface area contributed by atoms with Crippen molar-refractivity contribution in [3.05, 3.63) is 0 Å². The van der Waals surface area contributed by atoms with Crippen LogP contribution >= 0.6 is 0 Å². The first kappa shape index (κ1) is 12.5. The summed E-state index contributed by atoms with van der Waals surface area (Å²) in [6, 6.07) is 0. The Balaban J connectivity index is 2.38. The molecule has 15 heavy (non-hydrogen) atoms. The molecule has 1 fully saturated rings. The molecule has 4 nitrogen and oxygen atoms in total. The van der Waals surface area contributed by atoms with Crippen LogP contribution in [0.5, 0.6) is 0 Å². The minimum Gasteiger partial charge on any atom is -0.480 e. The fourth-order valence-electron chi connectivity index (χ4n) is 1.95. The summed E-state index contributed by atoms with van der Waals surface area (Å²) in [5.41, 5.74) is -0.786. The monoisotopic (exact) mass is 214 g/mol. The predicted molar refractivity (Wildman–Crippen MR) is 59.9 cm³/mol. The topological polar surface area (TPSA) is 52.6 Å². The number of rotatable bonds is 5. The number of likely N-dealkylation sites (tertiary alicyclic amines) is 1. The third-order valence-corrected chi connectivity index (χ3v) is 3.46. The second-order valence-electron chi connectivity index (χ2n) is 4.83. The summed E-state index contributed by atoms with van der Waals surface area (Å²) >= 11 is 0. The van der Waals surface area contributed by atoms with Gasteiger partial charge in [0, 0.05) is 13.1 Å². The Bertz CT molecular complexity index is 233.